The van der Waals surface area contributed by atoms with Crippen LogP contribution in [0.2, 0.25) is 0 Å². The van der Waals surface area contributed by atoms with Crippen LogP contribution in [0.5, 0.6) is 5.75 Å². The zero-order valence-corrected chi connectivity index (χ0v) is 22.9. The van der Waals surface area contributed by atoms with Crippen LogP contribution in [0.4, 0.5) is 4.39 Å². The third kappa shape index (κ3) is 8.84. The third-order valence-corrected chi connectivity index (χ3v) is 7.06. The normalized spacial score (nSPS) is 12.8. The molecule has 1 atom stereocenters. The summed E-state index contributed by atoms with van der Waals surface area (Å²) in [4.78, 5) is 12.4. The molecule has 0 radical (unpaired) electrons. The van der Waals surface area contributed by atoms with Crippen LogP contribution in [0.1, 0.15) is 90.5 Å². The topological polar surface area (TPSA) is 26.3 Å². The summed E-state index contributed by atoms with van der Waals surface area (Å²) in [6, 6.07) is 24.6. The highest BCUT2D eigenvalue weighted by molar-refractivity contribution is 5.84. The Bertz CT molecular complexity index is 1080. The Kier molecular flexibility index (Phi) is 11.4. The van der Waals surface area contributed by atoms with Crippen LogP contribution in [0.15, 0.2) is 72.8 Å². The lowest BCUT2D eigenvalue weighted by atomic mass is 9.93. The first kappa shape index (κ1) is 28.6. The molecule has 3 heteroatoms. The summed E-state index contributed by atoms with van der Waals surface area (Å²) in [5, 5.41) is 0. The van der Waals surface area contributed by atoms with Gasteiger partial charge in [0.05, 0.1) is 0 Å². The lowest BCUT2D eigenvalue weighted by molar-refractivity contribution is -0.147. The van der Waals surface area contributed by atoms with Crippen molar-refractivity contribution < 1.29 is 13.9 Å². The maximum absolute atomic E-state index is 14.8. The van der Waals surface area contributed by atoms with Gasteiger partial charge in [-0.2, -0.15) is 0 Å². The van der Waals surface area contributed by atoms with Crippen molar-refractivity contribution in [3.8, 4) is 28.0 Å². The highest BCUT2D eigenvalue weighted by Crippen LogP contribution is 2.33. The molecule has 0 saturated heterocycles. The van der Waals surface area contributed by atoms with E-state index >= 15 is 0 Å². The fourth-order valence-electron chi connectivity index (χ4n) is 4.67. The average molecular weight is 503 g/mol. The molecule has 3 aromatic carbocycles. The molecular formula is C34H43FO2. The second kappa shape index (κ2) is 14.7. The number of unbranched alkanes of at least 4 members (excludes halogenated alkanes) is 7. The van der Waals surface area contributed by atoms with Gasteiger partial charge < -0.3 is 4.74 Å². The molecule has 0 N–H and O–H groups in total. The second-order valence-corrected chi connectivity index (χ2v) is 10.3. The monoisotopic (exact) mass is 502 g/mol. The van der Waals surface area contributed by atoms with Crippen molar-refractivity contribution in [1.29, 1.82) is 0 Å². The van der Waals surface area contributed by atoms with Crippen LogP contribution in [0.25, 0.3) is 22.3 Å². The number of rotatable bonds is 15. The minimum Gasteiger partial charge on any atom is -0.424 e. The van der Waals surface area contributed by atoms with Crippen molar-refractivity contribution in [3.63, 3.8) is 0 Å². The molecule has 2 nitrogen and oxygen atoms in total. The lowest BCUT2D eigenvalue weighted by Gasteiger charge is -2.18. The maximum atomic E-state index is 14.8. The standard InChI is InChI=1S/C34H43FO2/c1-4-6-8-9-10-11-15-27-18-20-28(21-19-27)31-16-12-13-17-32(31)29-22-24-30(25-23-29)37-33(36)34(3,35)26-14-7-5-2/h12-13,16-25H,4-11,14-15,26H2,1-3H3. The Balaban J connectivity index is 1.64. The van der Waals surface area contributed by atoms with Crippen molar-refractivity contribution in [2.45, 2.75) is 97.1 Å². The van der Waals surface area contributed by atoms with E-state index in [9.17, 15) is 9.18 Å². The number of halogens is 1. The summed E-state index contributed by atoms with van der Waals surface area (Å²) < 4.78 is 20.1. The molecule has 0 saturated carbocycles. The predicted molar refractivity (Wildman–Crippen MR) is 154 cm³/mol. The van der Waals surface area contributed by atoms with Gasteiger partial charge in [-0.05, 0) is 72.6 Å². The summed E-state index contributed by atoms with van der Waals surface area (Å²) in [5.74, 6) is -0.456. The summed E-state index contributed by atoms with van der Waals surface area (Å²) in [5.41, 5.74) is 3.89. The van der Waals surface area contributed by atoms with E-state index in [-0.39, 0.29) is 6.42 Å². The summed E-state index contributed by atoms with van der Waals surface area (Å²) >= 11 is 0. The first-order valence-electron chi connectivity index (χ1n) is 14.1. The van der Waals surface area contributed by atoms with E-state index in [4.69, 9.17) is 4.74 Å². The molecule has 0 spiro atoms. The van der Waals surface area contributed by atoms with Crippen molar-refractivity contribution in [3.05, 3.63) is 78.4 Å². The molecule has 0 aromatic heterocycles. The molecule has 37 heavy (non-hydrogen) atoms. The van der Waals surface area contributed by atoms with Gasteiger partial charge in [0.1, 0.15) is 5.75 Å². The van der Waals surface area contributed by atoms with Gasteiger partial charge in [-0.15, -0.1) is 0 Å². The SMILES string of the molecule is CCCCCCCCc1ccc(-c2ccccc2-c2ccc(OC(=O)C(C)(F)CCCCC)cc2)cc1. The van der Waals surface area contributed by atoms with Crippen LogP contribution in [-0.2, 0) is 11.2 Å². The van der Waals surface area contributed by atoms with Gasteiger partial charge in [0.15, 0.2) is 0 Å². The van der Waals surface area contributed by atoms with Crippen LogP contribution in [0, 0.1) is 0 Å². The second-order valence-electron chi connectivity index (χ2n) is 10.3. The highest BCUT2D eigenvalue weighted by Gasteiger charge is 2.34. The molecule has 1 unspecified atom stereocenters. The van der Waals surface area contributed by atoms with E-state index in [1.165, 1.54) is 56.6 Å². The number of aryl methyl sites for hydroxylation is 1. The molecular weight excluding hydrogens is 459 g/mol. The molecule has 0 aliphatic heterocycles. The van der Waals surface area contributed by atoms with Crippen molar-refractivity contribution >= 4 is 5.97 Å². The van der Waals surface area contributed by atoms with E-state index in [0.29, 0.717) is 12.2 Å². The quantitative estimate of drug-likeness (QED) is 0.117. The lowest BCUT2D eigenvalue weighted by Crippen LogP contribution is -2.34. The number of ether oxygens (including phenoxy) is 1. The summed E-state index contributed by atoms with van der Waals surface area (Å²) in [6.07, 6.45) is 11.8. The maximum Gasteiger partial charge on any atom is 0.348 e. The van der Waals surface area contributed by atoms with Crippen LogP contribution in [-0.4, -0.2) is 11.6 Å². The van der Waals surface area contributed by atoms with Crippen molar-refractivity contribution in [2.24, 2.45) is 0 Å². The molecule has 0 bridgehead atoms. The van der Waals surface area contributed by atoms with Crippen molar-refractivity contribution in [2.75, 3.05) is 0 Å². The van der Waals surface area contributed by atoms with Crippen LogP contribution >= 0.6 is 0 Å². The Labute approximate surface area is 223 Å². The number of carbonyl (C=O) groups is 1. The third-order valence-electron chi connectivity index (χ3n) is 7.06. The van der Waals surface area contributed by atoms with E-state index in [0.717, 1.165) is 36.0 Å². The number of hydrogen-bond donors (Lipinski definition) is 0. The van der Waals surface area contributed by atoms with E-state index in [1.807, 2.05) is 18.2 Å². The molecule has 3 aromatic rings. The zero-order chi connectivity index (χ0) is 26.5. The number of hydrogen-bond acceptors (Lipinski definition) is 2. The van der Waals surface area contributed by atoms with Crippen molar-refractivity contribution in [1.82, 2.24) is 0 Å². The highest BCUT2D eigenvalue weighted by atomic mass is 19.1. The Morgan fingerprint density at radius 2 is 1.22 bits per heavy atom. The average Bonchev–Trinajstić information content (AvgIpc) is 2.91. The first-order chi connectivity index (χ1) is 17.9. The van der Waals surface area contributed by atoms with Crippen LogP contribution < -0.4 is 4.74 Å². The van der Waals surface area contributed by atoms with Gasteiger partial charge >= 0.3 is 5.97 Å². The Hall–Kier alpha value is -2.94. The minimum atomic E-state index is -1.97. The fourth-order valence-corrected chi connectivity index (χ4v) is 4.67. The number of benzene rings is 3. The number of alkyl halides is 1. The molecule has 3 rings (SSSR count). The molecule has 0 fully saturated rings. The Morgan fingerprint density at radius 3 is 1.81 bits per heavy atom. The van der Waals surface area contributed by atoms with Crippen LogP contribution in [0.3, 0.4) is 0 Å². The predicted octanol–water partition coefficient (Wildman–Crippen LogP) is 10.1. The Morgan fingerprint density at radius 1 is 0.703 bits per heavy atom. The van der Waals surface area contributed by atoms with E-state index in [2.05, 4.69) is 56.3 Å². The largest absolute Gasteiger partial charge is 0.424 e. The van der Waals surface area contributed by atoms with Gasteiger partial charge in [0, 0.05) is 0 Å². The van der Waals surface area contributed by atoms with Gasteiger partial charge in [-0.25, -0.2) is 9.18 Å². The minimum absolute atomic E-state index is 0.183. The first-order valence-corrected chi connectivity index (χ1v) is 14.1. The summed E-state index contributed by atoms with van der Waals surface area (Å²) in [6.45, 7) is 5.62. The van der Waals surface area contributed by atoms with Gasteiger partial charge in [-0.1, -0.05) is 119 Å². The summed E-state index contributed by atoms with van der Waals surface area (Å²) in [7, 11) is 0. The van der Waals surface area contributed by atoms with E-state index in [1.54, 1.807) is 12.1 Å². The number of esters is 1. The smallest absolute Gasteiger partial charge is 0.348 e. The zero-order valence-electron chi connectivity index (χ0n) is 22.9. The fraction of sp³-hybridized carbons (Fsp3) is 0.441. The van der Waals surface area contributed by atoms with Gasteiger partial charge in [0.2, 0.25) is 5.67 Å². The van der Waals surface area contributed by atoms with Gasteiger partial charge in [0.25, 0.3) is 0 Å². The molecule has 198 valence electrons. The van der Waals surface area contributed by atoms with Gasteiger partial charge in [-0.3, -0.25) is 0 Å². The molecule has 0 heterocycles. The van der Waals surface area contributed by atoms with E-state index < -0.39 is 11.6 Å². The molecule has 0 amide bonds. The molecule has 0 aliphatic carbocycles. The molecule has 0 aliphatic rings. The number of carbonyl (C=O) groups excluding carboxylic acids is 1.